The van der Waals surface area contributed by atoms with Crippen LogP contribution in [0.5, 0.6) is 0 Å². The van der Waals surface area contributed by atoms with Crippen LogP contribution in [0.3, 0.4) is 0 Å². The van der Waals surface area contributed by atoms with Gasteiger partial charge in [0, 0.05) is 24.7 Å². The van der Waals surface area contributed by atoms with Crippen LogP contribution in [-0.4, -0.2) is 24.8 Å². The van der Waals surface area contributed by atoms with Crippen LogP contribution < -0.4 is 0 Å². The summed E-state index contributed by atoms with van der Waals surface area (Å²) in [4.78, 5) is 23.2. The molecule has 0 aromatic carbocycles. The number of hydrogen-bond acceptors (Lipinski definition) is 3. The molecule has 0 unspecified atom stereocenters. The van der Waals surface area contributed by atoms with Gasteiger partial charge in [-0.2, -0.15) is 0 Å². The summed E-state index contributed by atoms with van der Waals surface area (Å²) in [5, 5.41) is 0. The molecule has 0 radical (unpaired) electrons. The molecule has 2 fully saturated rings. The minimum Gasteiger partial charge on any atom is -0.380 e. The summed E-state index contributed by atoms with van der Waals surface area (Å²) >= 11 is 0. The lowest BCUT2D eigenvalue weighted by atomic mass is 9.88. The van der Waals surface area contributed by atoms with Crippen LogP contribution >= 0.6 is 0 Å². The molecule has 0 N–H and O–H groups in total. The van der Waals surface area contributed by atoms with Gasteiger partial charge < -0.3 is 4.74 Å². The van der Waals surface area contributed by atoms with E-state index < -0.39 is 0 Å². The van der Waals surface area contributed by atoms with Crippen molar-refractivity contribution in [1.29, 1.82) is 0 Å². The monoisotopic (exact) mass is 238 g/mol. The zero-order valence-corrected chi connectivity index (χ0v) is 10.5. The summed E-state index contributed by atoms with van der Waals surface area (Å²) in [6.45, 7) is 1.06. The van der Waals surface area contributed by atoms with Crippen molar-refractivity contribution in [3.63, 3.8) is 0 Å². The molecule has 0 aromatic heterocycles. The molecule has 2 saturated carbocycles. The molecule has 0 saturated heterocycles. The Hall–Kier alpha value is -0.700. The number of rotatable bonds is 4. The van der Waals surface area contributed by atoms with Crippen LogP contribution in [0.25, 0.3) is 0 Å². The minimum atomic E-state index is 0.0995. The van der Waals surface area contributed by atoms with E-state index in [0.717, 1.165) is 51.4 Å². The van der Waals surface area contributed by atoms with Crippen LogP contribution in [0.4, 0.5) is 0 Å². The number of hydrogen-bond donors (Lipinski definition) is 0. The van der Waals surface area contributed by atoms with Gasteiger partial charge in [0.05, 0.1) is 13.2 Å². The Morgan fingerprint density at radius 2 is 1.29 bits per heavy atom. The Morgan fingerprint density at radius 3 is 1.71 bits per heavy atom. The van der Waals surface area contributed by atoms with Gasteiger partial charge >= 0.3 is 0 Å². The third kappa shape index (κ3) is 3.63. The van der Waals surface area contributed by atoms with Crippen molar-refractivity contribution >= 4 is 11.6 Å². The second kappa shape index (κ2) is 6.29. The molecule has 0 aliphatic heterocycles. The Kier molecular flexibility index (Phi) is 4.72. The molecule has 2 rings (SSSR count). The van der Waals surface area contributed by atoms with Crippen molar-refractivity contribution in [3.8, 4) is 0 Å². The Balaban J connectivity index is 1.67. The molecule has 2 atom stereocenters. The van der Waals surface area contributed by atoms with Crippen molar-refractivity contribution in [2.45, 2.75) is 51.4 Å². The van der Waals surface area contributed by atoms with Gasteiger partial charge in [0.15, 0.2) is 0 Å². The van der Waals surface area contributed by atoms with E-state index in [1.807, 2.05) is 0 Å². The summed E-state index contributed by atoms with van der Waals surface area (Å²) in [7, 11) is 0. The Labute approximate surface area is 103 Å². The van der Waals surface area contributed by atoms with Gasteiger partial charge in [-0.3, -0.25) is 9.59 Å². The number of Topliss-reactive ketones (excluding diaryl/α,β-unsaturated/α-hetero) is 2. The van der Waals surface area contributed by atoms with Gasteiger partial charge in [0.2, 0.25) is 0 Å². The second-order valence-electron chi connectivity index (χ2n) is 5.36. The highest BCUT2D eigenvalue weighted by atomic mass is 16.5. The minimum absolute atomic E-state index is 0.0995. The number of carbonyl (C=O) groups excluding carboxylic acids is 2. The average Bonchev–Trinajstić information content (AvgIpc) is 2.34. The highest BCUT2D eigenvalue weighted by molar-refractivity contribution is 5.82. The first-order valence-electron chi connectivity index (χ1n) is 6.90. The maximum atomic E-state index is 11.6. The summed E-state index contributed by atoms with van der Waals surface area (Å²) in [6.07, 6.45) is 7.73. The lowest BCUT2D eigenvalue weighted by Crippen LogP contribution is -2.28. The standard InChI is InChI=1S/C14H22O3/c15-13-7-3-1-5-11(13)9-17-10-12-6-2-4-8-14(12)16/h11-12H,1-10H2/t11-,12-/m0/s1. The summed E-state index contributed by atoms with van der Waals surface area (Å²) in [5.41, 5.74) is 0. The average molecular weight is 238 g/mol. The molecule has 0 spiro atoms. The third-order valence-corrected chi connectivity index (χ3v) is 4.00. The van der Waals surface area contributed by atoms with E-state index in [-0.39, 0.29) is 11.8 Å². The number of ether oxygens (including phenoxy) is 1. The maximum absolute atomic E-state index is 11.6. The van der Waals surface area contributed by atoms with Crippen LogP contribution in [0.1, 0.15) is 51.4 Å². The highest BCUT2D eigenvalue weighted by Gasteiger charge is 2.25. The SMILES string of the molecule is O=C1CCCC[C@H]1COC[C@@H]1CCCCC1=O. The summed E-state index contributed by atoms with van der Waals surface area (Å²) < 4.78 is 5.61. The van der Waals surface area contributed by atoms with Gasteiger partial charge in [-0.1, -0.05) is 12.8 Å². The maximum Gasteiger partial charge on any atom is 0.138 e. The molecule has 3 heteroatoms. The molecule has 2 aliphatic carbocycles. The van der Waals surface area contributed by atoms with Crippen LogP contribution in [0, 0.1) is 11.8 Å². The number of carbonyl (C=O) groups is 2. The molecule has 17 heavy (non-hydrogen) atoms. The predicted octanol–water partition coefficient (Wildman–Crippen LogP) is 2.52. The van der Waals surface area contributed by atoms with Crippen molar-refractivity contribution in [2.75, 3.05) is 13.2 Å². The second-order valence-corrected chi connectivity index (χ2v) is 5.36. The van der Waals surface area contributed by atoms with E-state index in [1.165, 1.54) is 0 Å². The first kappa shape index (κ1) is 12.7. The van der Waals surface area contributed by atoms with Gasteiger partial charge in [-0.15, -0.1) is 0 Å². The zero-order chi connectivity index (χ0) is 12.1. The van der Waals surface area contributed by atoms with Crippen molar-refractivity contribution in [2.24, 2.45) is 11.8 Å². The van der Waals surface area contributed by atoms with Crippen LogP contribution in [0.2, 0.25) is 0 Å². The van der Waals surface area contributed by atoms with Crippen molar-refractivity contribution in [1.82, 2.24) is 0 Å². The van der Waals surface area contributed by atoms with Crippen LogP contribution in [-0.2, 0) is 14.3 Å². The van der Waals surface area contributed by atoms with E-state index in [0.29, 0.717) is 24.8 Å². The van der Waals surface area contributed by atoms with E-state index in [4.69, 9.17) is 4.74 Å². The van der Waals surface area contributed by atoms with E-state index in [2.05, 4.69) is 0 Å². The number of ketones is 2. The lowest BCUT2D eigenvalue weighted by molar-refractivity contribution is -0.129. The molecular formula is C14H22O3. The predicted molar refractivity (Wildman–Crippen MR) is 64.7 cm³/mol. The fourth-order valence-corrected chi connectivity index (χ4v) is 2.82. The first-order valence-corrected chi connectivity index (χ1v) is 6.90. The smallest absolute Gasteiger partial charge is 0.138 e. The van der Waals surface area contributed by atoms with Gasteiger partial charge in [-0.05, 0) is 25.7 Å². The molecule has 96 valence electrons. The van der Waals surface area contributed by atoms with Gasteiger partial charge in [0.1, 0.15) is 11.6 Å². The molecule has 2 aliphatic rings. The fourth-order valence-electron chi connectivity index (χ4n) is 2.82. The van der Waals surface area contributed by atoms with Gasteiger partial charge in [0.25, 0.3) is 0 Å². The van der Waals surface area contributed by atoms with E-state index in [9.17, 15) is 9.59 Å². The summed E-state index contributed by atoms with van der Waals surface area (Å²) in [5.74, 6) is 0.905. The van der Waals surface area contributed by atoms with Crippen LogP contribution in [0.15, 0.2) is 0 Å². The normalized spacial score (nSPS) is 30.6. The van der Waals surface area contributed by atoms with Crippen molar-refractivity contribution < 1.29 is 14.3 Å². The topological polar surface area (TPSA) is 43.4 Å². The molecular weight excluding hydrogens is 216 g/mol. The Bertz CT molecular complexity index is 257. The molecule has 3 nitrogen and oxygen atoms in total. The molecule has 0 heterocycles. The zero-order valence-electron chi connectivity index (χ0n) is 10.5. The van der Waals surface area contributed by atoms with Gasteiger partial charge in [-0.25, -0.2) is 0 Å². The first-order chi connectivity index (χ1) is 8.27. The lowest BCUT2D eigenvalue weighted by Gasteiger charge is -2.23. The molecule has 0 aromatic rings. The fraction of sp³-hybridized carbons (Fsp3) is 0.857. The Morgan fingerprint density at radius 1 is 0.824 bits per heavy atom. The quantitative estimate of drug-likeness (QED) is 0.756. The van der Waals surface area contributed by atoms with E-state index >= 15 is 0 Å². The third-order valence-electron chi connectivity index (χ3n) is 4.00. The summed E-state index contributed by atoms with van der Waals surface area (Å²) in [6, 6.07) is 0. The van der Waals surface area contributed by atoms with E-state index in [1.54, 1.807) is 0 Å². The highest BCUT2D eigenvalue weighted by Crippen LogP contribution is 2.23. The molecule has 0 amide bonds. The molecule has 0 bridgehead atoms. The largest absolute Gasteiger partial charge is 0.380 e. The van der Waals surface area contributed by atoms with Crippen molar-refractivity contribution in [3.05, 3.63) is 0 Å².